The van der Waals surface area contributed by atoms with Gasteiger partial charge in [0, 0.05) is 55.5 Å². The molecule has 1 N–H and O–H groups in total. The van der Waals surface area contributed by atoms with E-state index in [1.165, 1.54) is 0 Å². The molecule has 47 heavy (non-hydrogen) atoms. The Morgan fingerprint density at radius 2 is 1.87 bits per heavy atom. The van der Waals surface area contributed by atoms with E-state index in [-0.39, 0.29) is 23.6 Å². The van der Waals surface area contributed by atoms with E-state index in [0.29, 0.717) is 49.1 Å². The van der Waals surface area contributed by atoms with Crippen LogP contribution in [0.15, 0.2) is 72.4 Å². The summed E-state index contributed by atoms with van der Waals surface area (Å²) >= 11 is 0. The molecule has 1 saturated heterocycles. The molecule has 1 saturated carbocycles. The number of carbonyl (C=O) groups excluding carboxylic acids is 1. The highest BCUT2D eigenvalue weighted by Gasteiger charge is 2.50. The van der Waals surface area contributed by atoms with Crippen molar-refractivity contribution < 1.29 is 9.63 Å². The molecular weight excluding hydrogens is 592 g/mol. The van der Waals surface area contributed by atoms with Gasteiger partial charge in [-0.2, -0.15) is 15.3 Å². The number of benzene rings is 1. The van der Waals surface area contributed by atoms with Crippen molar-refractivity contribution in [3.8, 4) is 17.2 Å². The number of hydrogen-bond donors (Lipinski definition) is 1. The van der Waals surface area contributed by atoms with Gasteiger partial charge < -0.3 is 15.1 Å². The minimum Gasteiger partial charge on any atom is -0.385 e. The van der Waals surface area contributed by atoms with Crippen molar-refractivity contribution in [2.75, 3.05) is 28.2 Å². The SMILES string of the molecule is CC1=NOC2(C1)CN(c1nc(NC3CCC(N(C(=O)CCc4ccccc4)c4ccc(-c5cnn(C)c5)cn4)CC3)ncc1C#N)C2. The van der Waals surface area contributed by atoms with Crippen LogP contribution in [0.3, 0.4) is 0 Å². The quantitative estimate of drug-likeness (QED) is 0.274. The molecule has 2 fully saturated rings. The Bertz CT molecular complexity index is 1800. The number of aryl methyl sites for hydroxylation is 2. The molecule has 0 unspecified atom stereocenters. The zero-order valence-electron chi connectivity index (χ0n) is 26.7. The van der Waals surface area contributed by atoms with Crippen molar-refractivity contribution >= 4 is 29.2 Å². The van der Waals surface area contributed by atoms with E-state index in [9.17, 15) is 10.1 Å². The maximum Gasteiger partial charge on any atom is 0.228 e. The van der Waals surface area contributed by atoms with Gasteiger partial charge in [-0.05, 0) is 56.7 Å². The Balaban J connectivity index is 1.02. The minimum atomic E-state index is -0.313. The van der Waals surface area contributed by atoms with Crippen LogP contribution in [0.1, 0.15) is 56.6 Å². The highest BCUT2D eigenvalue weighted by Crippen LogP contribution is 2.37. The molecule has 3 aromatic heterocycles. The number of rotatable bonds is 9. The first-order valence-electron chi connectivity index (χ1n) is 16.2. The summed E-state index contributed by atoms with van der Waals surface area (Å²) in [6.07, 6.45) is 12.4. The maximum atomic E-state index is 13.8. The molecule has 0 bridgehead atoms. The number of hydrogen-bond acceptors (Lipinski definition) is 10. The summed E-state index contributed by atoms with van der Waals surface area (Å²) in [4.78, 5) is 37.5. The van der Waals surface area contributed by atoms with Crippen molar-refractivity contribution in [3.63, 3.8) is 0 Å². The Morgan fingerprint density at radius 1 is 1.06 bits per heavy atom. The third kappa shape index (κ3) is 6.52. The van der Waals surface area contributed by atoms with Crippen LogP contribution in [0.5, 0.6) is 0 Å². The molecule has 2 aliphatic heterocycles. The highest BCUT2D eigenvalue weighted by atomic mass is 16.7. The second-order valence-corrected chi connectivity index (χ2v) is 12.9. The molecule has 5 heterocycles. The molecule has 1 spiro atoms. The van der Waals surface area contributed by atoms with Crippen LogP contribution in [-0.4, -0.2) is 67.1 Å². The number of anilines is 3. The van der Waals surface area contributed by atoms with Gasteiger partial charge in [0.05, 0.1) is 31.2 Å². The summed E-state index contributed by atoms with van der Waals surface area (Å²) in [7, 11) is 1.89. The Labute approximate surface area is 274 Å². The maximum absolute atomic E-state index is 13.8. The molecule has 0 radical (unpaired) electrons. The topological polar surface area (TPSA) is 137 Å². The predicted octanol–water partition coefficient (Wildman–Crippen LogP) is 4.89. The Kier molecular flexibility index (Phi) is 8.28. The third-order valence-corrected chi connectivity index (χ3v) is 9.29. The van der Waals surface area contributed by atoms with E-state index in [4.69, 9.17) is 14.8 Å². The Morgan fingerprint density at radius 3 is 2.53 bits per heavy atom. The molecule has 12 heteroatoms. The first kappa shape index (κ1) is 30.3. The van der Waals surface area contributed by atoms with Crippen LogP contribution < -0.4 is 15.1 Å². The third-order valence-electron chi connectivity index (χ3n) is 9.29. The molecule has 7 rings (SSSR count). The normalized spacial score (nSPS) is 19.8. The molecule has 3 aliphatic rings. The summed E-state index contributed by atoms with van der Waals surface area (Å²) in [6, 6.07) is 16.5. The molecule has 1 amide bonds. The lowest BCUT2D eigenvalue weighted by molar-refractivity contribution is -0.119. The zero-order valence-corrected chi connectivity index (χ0v) is 26.7. The molecule has 0 atom stereocenters. The van der Waals surface area contributed by atoms with Gasteiger partial charge in [-0.15, -0.1) is 0 Å². The number of aromatic nitrogens is 5. The number of nitrogens with one attached hydrogen (secondary N) is 1. The summed E-state index contributed by atoms with van der Waals surface area (Å²) < 4.78 is 1.76. The fourth-order valence-electron chi connectivity index (χ4n) is 6.90. The number of oxime groups is 1. The van der Waals surface area contributed by atoms with Gasteiger partial charge in [0.2, 0.25) is 11.9 Å². The van der Waals surface area contributed by atoms with Gasteiger partial charge in [-0.25, -0.2) is 9.97 Å². The van der Waals surface area contributed by atoms with Gasteiger partial charge in [0.15, 0.2) is 11.4 Å². The average Bonchev–Trinajstić information content (AvgIpc) is 3.70. The summed E-state index contributed by atoms with van der Waals surface area (Å²) in [5, 5.41) is 21.6. The number of nitriles is 1. The molecule has 240 valence electrons. The van der Waals surface area contributed by atoms with Crippen LogP contribution in [-0.2, 0) is 23.1 Å². The number of nitrogens with zero attached hydrogens (tertiary/aromatic N) is 9. The van der Waals surface area contributed by atoms with Crippen LogP contribution in [0.2, 0.25) is 0 Å². The minimum absolute atomic E-state index is 0.0277. The average molecular weight is 631 g/mol. The molecule has 1 aromatic carbocycles. The lowest BCUT2D eigenvalue weighted by Crippen LogP contribution is -2.62. The molecule has 4 aromatic rings. The standard InChI is InChI=1S/C35H38N10O2/c1-24-16-35(47-42-24)22-44(23-35)33-27(17-36)19-38-34(41-33)40-29-10-12-30(13-11-29)45(32(46)15-8-25-6-4-3-5-7-25)31-14-9-26(18-37-31)28-20-39-43(2)21-28/h3-7,9,14,18-21,29-30H,8,10-13,15-16,22-23H2,1-2H3,(H,38,40,41). The van der Waals surface area contributed by atoms with Crippen LogP contribution in [0.4, 0.5) is 17.6 Å². The van der Waals surface area contributed by atoms with Crippen molar-refractivity contribution in [2.24, 2.45) is 12.2 Å². The fourth-order valence-corrected chi connectivity index (χ4v) is 6.90. The second kappa shape index (κ2) is 12.8. The zero-order chi connectivity index (χ0) is 32.4. The Hall–Kier alpha value is -5.31. The van der Waals surface area contributed by atoms with Crippen LogP contribution >= 0.6 is 0 Å². The fraction of sp³-hybridized carbons (Fsp3) is 0.400. The van der Waals surface area contributed by atoms with Crippen molar-refractivity contribution in [2.45, 2.75) is 69.6 Å². The van der Waals surface area contributed by atoms with E-state index in [1.807, 2.05) is 67.8 Å². The van der Waals surface area contributed by atoms with Crippen LogP contribution in [0, 0.1) is 11.3 Å². The van der Waals surface area contributed by atoms with Gasteiger partial charge in [-0.1, -0.05) is 35.5 Å². The van der Waals surface area contributed by atoms with Gasteiger partial charge >= 0.3 is 0 Å². The summed E-state index contributed by atoms with van der Waals surface area (Å²) in [5.74, 6) is 1.87. The highest BCUT2D eigenvalue weighted by molar-refractivity contribution is 5.93. The van der Waals surface area contributed by atoms with Gasteiger partial charge in [0.25, 0.3) is 0 Å². The number of carbonyl (C=O) groups is 1. The van der Waals surface area contributed by atoms with E-state index in [1.54, 1.807) is 10.9 Å². The second-order valence-electron chi connectivity index (χ2n) is 12.9. The van der Waals surface area contributed by atoms with E-state index < -0.39 is 0 Å². The monoisotopic (exact) mass is 630 g/mol. The summed E-state index contributed by atoms with van der Waals surface area (Å²) in [6.45, 7) is 3.24. The summed E-state index contributed by atoms with van der Waals surface area (Å²) in [5.41, 5.74) is 4.20. The van der Waals surface area contributed by atoms with Gasteiger partial charge in [0.1, 0.15) is 17.5 Å². The van der Waals surface area contributed by atoms with Crippen LogP contribution in [0.25, 0.3) is 11.1 Å². The lowest BCUT2D eigenvalue weighted by Gasteiger charge is -2.46. The molecule has 12 nitrogen and oxygen atoms in total. The van der Waals surface area contributed by atoms with E-state index >= 15 is 0 Å². The smallest absolute Gasteiger partial charge is 0.228 e. The van der Waals surface area contributed by atoms with Crippen molar-refractivity contribution in [1.82, 2.24) is 24.7 Å². The van der Waals surface area contributed by atoms with Crippen molar-refractivity contribution in [3.05, 3.63) is 78.4 Å². The van der Waals surface area contributed by atoms with Crippen molar-refractivity contribution in [1.29, 1.82) is 5.26 Å². The predicted molar refractivity (Wildman–Crippen MR) is 179 cm³/mol. The number of pyridine rings is 1. The van der Waals surface area contributed by atoms with Gasteiger partial charge in [-0.3, -0.25) is 14.4 Å². The first-order valence-corrected chi connectivity index (χ1v) is 16.2. The first-order chi connectivity index (χ1) is 22.9. The molecular formula is C35H38N10O2. The number of amides is 1. The van der Waals surface area contributed by atoms with E-state index in [2.05, 4.69) is 43.7 Å². The lowest BCUT2D eigenvalue weighted by atomic mass is 9.89. The van der Waals surface area contributed by atoms with E-state index in [0.717, 1.165) is 54.5 Å². The largest absolute Gasteiger partial charge is 0.385 e. The molecule has 1 aliphatic carbocycles.